The van der Waals surface area contributed by atoms with Gasteiger partial charge < -0.3 is 9.80 Å². The molecular weight excluding hydrogens is 234 g/mol. The number of likely N-dealkylation sites (tertiary alicyclic amines) is 1. The Bertz CT molecular complexity index is 386. The number of pyridine rings is 1. The lowest BCUT2D eigenvalue weighted by Crippen LogP contribution is -2.42. The van der Waals surface area contributed by atoms with Crippen LogP contribution in [0, 0.1) is 6.92 Å². The number of nitrogens with zero attached hydrogens (tertiary/aromatic N) is 3. The number of aromatic nitrogens is 1. The number of anilines is 1. The third-order valence-corrected chi connectivity index (χ3v) is 3.85. The molecule has 2 heterocycles. The highest BCUT2D eigenvalue weighted by molar-refractivity contribution is 6.29. The van der Waals surface area contributed by atoms with Crippen LogP contribution >= 0.6 is 11.6 Å². The first-order chi connectivity index (χ1) is 8.08. The van der Waals surface area contributed by atoms with Crippen LogP contribution in [0.3, 0.4) is 0 Å². The maximum Gasteiger partial charge on any atom is 0.129 e. The van der Waals surface area contributed by atoms with Crippen LogP contribution in [0.15, 0.2) is 12.1 Å². The smallest absolute Gasteiger partial charge is 0.129 e. The van der Waals surface area contributed by atoms with Gasteiger partial charge in [-0.15, -0.1) is 0 Å². The van der Waals surface area contributed by atoms with Crippen molar-refractivity contribution in [3.8, 4) is 0 Å². The summed E-state index contributed by atoms with van der Waals surface area (Å²) in [6.45, 7) is 4.37. The van der Waals surface area contributed by atoms with E-state index in [0.29, 0.717) is 11.2 Å². The van der Waals surface area contributed by atoms with E-state index >= 15 is 0 Å². The van der Waals surface area contributed by atoms with Crippen LogP contribution in [0.25, 0.3) is 0 Å². The van der Waals surface area contributed by atoms with Crippen molar-refractivity contribution in [2.24, 2.45) is 0 Å². The minimum atomic E-state index is 0.572. The highest BCUT2D eigenvalue weighted by atomic mass is 35.5. The number of hydrogen-bond acceptors (Lipinski definition) is 3. The van der Waals surface area contributed by atoms with E-state index in [1.807, 2.05) is 13.0 Å². The van der Waals surface area contributed by atoms with Gasteiger partial charge in [0.2, 0.25) is 0 Å². The minimum absolute atomic E-state index is 0.572. The fourth-order valence-corrected chi connectivity index (χ4v) is 2.66. The molecule has 0 aromatic carbocycles. The first-order valence-corrected chi connectivity index (χ1v) is 6.50. The summed E-state index contributed by atoms with van der Waals surface area (Å²) in [7, 11) is 4.35. The van der Waals surface area contributed by atoms with Crippen molar-refractivity contribution in [1.82, 2.24) is 9.88 Å². The molecule has 1 aliphatic heterocycles. The highest BCUT2D eigenvalue weighted by Crippen LogP contribution is 2.25. The molecule has 1 aliphatic rings. The van der Waals surface area contributed by atoms with E-state index in [1.54, 1.807) is 0 Å². The van der Waals surface area contributed by atoms with Gasteiger partial charge in [0, 0.05) is 13.1 Å². The van der Waals surface area contributed by atoms with E-state index in [2.05, 4.69) is 34.9 Å². The number of rotatable bonds is 2. The summed E-state index contributed by atoms with van der Waals surface area (Å²) >= 11 is 5.89. The van der Waals surface area contributed by atoms with E-state index in [-0.39, 0.29) is 0 Å². The highest BCUT2D eigenvalue weighted by Gasteiger charge is 2.21. The van der Waals surface area contributed by atoms with Crippen LogP contribution in [0.4, 0.5) is 5.69 Å². The first kappa shape index (κ1) is 12.7. The largest absolute Gasteiger partial charge is 0.370 e. The average molecular weight is 254 g/mol. The Hall–Kier alpha value is -0.800. The summed E-state index contributed by atoms with van der Waals surface area (Å²) in [6.07, 6.45) is 2.43. The SMILES string of the molecule is Cc1nc(Cl)ccc1N(C)C1CCN(C)CC1. The molecule has 1 aromatic rings. The zero-order chi connectivity index (χ0) is 12.4. The van der Waals surface area contributed by atoms with Crippen molar-refractivity contribution in [2.75, 3.05) is 32.1 Å². The Morgan fingerprint density at radius 3 is 2.59 bits per heavy atom. The van der Waals surface area contributed by atoms with E-state index in [9.17, 15) is 0 Å². The Labute approximate surface area is 108 Å². The van der Waals surface area contributed by atoms with Gasteiger partial charge in [0.1, 0.15) is 5.15 Å². The summed E-state index contributed by atoms with van der Waals surface area (Å²) in [5.41, 5.74) is 2.21. The molecule has 0 bridgehead atoms. The molecule has 0 amide bonds. The van der Waals surface area contributed by atoms with Gasteiger partial charge in [-0.2, -0.15) is 0 Å². The first-order valence-electron chi connectivity index (χ1n) is 6.12. The Balaban J connectivity index is 2.11. The molecule has 94 valence electrons. The molecule has 0 aliphatic carbocycles. The normalized spacial score (nSPS) is 18.4. The lowest BCUT2D eigenvalue weighted by atomic mass is 10.0. The third-order valence-electron chi connectivity index (χ3n) is 3.64. The number of piperidine rings is 1. The van der Waals surface area contributed by atoms with Gasteiger partial charge in [0.25, 0.3) is 0 Å². The van der Waals surface area contributed by atoms with Crippen molar-refractivity contribution < 1.29 is 0 Å². The van der Waals surface area contributed by atoms with Crippen LogP contribution in [0.1, 0.15) is 18.5 Å². The van der Waals surface area contributed by atoms with Crippen LogP contribution in [-0.4, -0.2) is 43.1 Å². The van der Waals surface area contributed by atoms with E-state index in [0.717, 1.165) is 5.69 Å². The zero-order valence-corrected chi connectivity index (χ0v) is 11.5. The van der Waals surface area contributed by atoms with Crippen molar-refractivity contribution in [3.05, 3.63) is 23.0 Å². The molecular formula is C13H20ClN3. The van der Waals surface area contributed by atoms with Crippen LogP contribution in [-0.2, 0) is 0 Å². The van der Waals surface area contributed by atoms with Crippen molar-refractivity contribution in [3.63, 3.8) is 0 Å². The molecule has 4 heteroatoms. The topological polar surface area (TPSA) is 19.4 Å². The lowest BCUT2D eigenvalue weighted by molar-refractivity contribution is 0.252. The third kappa shape index (κ3) is 2.90. The Morgan fingerprint density at radius 1 is 1.35 bits per heavy atom. The summed E-state index contributed by atoms with van der Waals surface area (Å²) in [6, 6.07) is 4.56. The molecule has 0 unspecified atom stereocenters. The predicted octanol–water partition coefficient (Wildman–Crippen LogP) is 2.57. The van der Waals surface area contributed by atoms with Crippen molar-refractivity contribution >= 4 is 17.3 Å². The van der Waals surface area contributed by atoms with E-state index in [4.69, 9.17) is 11.6 Å². The van der Waals surface area contributed by atoms with Gasteiger partial charge in [-0.25, -0.2) is 4.98 Å². The summed E-state index contributed by atoms with van der Waals surface area (Å²) in [5, 5.41) is 0.572. The summed E-state index contributed by atoms with van der Waals surface area (Å²) < 4.78 is 0. The second-order valence-corrected chi connectivity index (χ2v) is 5.27. The molecule has 0 radical (unpaired) electrons. The average Bonchev–Trinajstić information content (AvgIpc) is 2.29. The molecule has 1 saturated heterocycles. The van der Waals surface area contributed by atoms with Gasteiger partial charge >= 0.3 is 0 Å². The number of halogens is 1. The monoisotopic (exact) mass is 253 g/mol. The van der Waals surface area contributed by atoms with Gasteiger partial charge in [-0.3, -0.25) is 0 Å². The van der Waals surface area contributed by atoms with Crippen LogP contribution in [0.2, 0.25) is 5.15 Å². The quantitative estimate of drug-likeness (QED) is 0.756. The lowest BCUT2D eigenvalue weighted by Gasteiger charge is -2.36. The summed E-state index contributed by atoms with van der Waals surface area (Å²) in [4.78, 5) is 9.06. The standard InChI is InChI=1S/C13H20ClN3/c1-10-12(4-5-13(14)15-10)17(3)11-6-8-16(2)9-7-11/h4-5,11H,6-9H2,1-3H3. The Morgan fingerprint density at radius 2 is 2.00 bits per heavy atom. The fraction of sp³-hybridized carbons (Fsp3) is 0.615. The zero-order valence-electron chi connectivity index (χ0n) is 10.8. The van der Waals surface area contributed by atoms with Crippen LogP contribution in [0.5, 0.6) is 0 Å². The van der Waals surface area contributed by atoms with E-state index in [1.165, 1.54) is 31.6 Å². The van der Waals surface area contributed by atoms with Gasteiger partial charge in [0.15, 0.2) is 0 Å². The van der Waals surface area contributed by atoms with E-state index < -0.39 is 0 Å². The molecule has 1 aromatic heterocycles. The van der Waals surface area contributed by atoms with Gasteiger partial charge in [-0.1, -0.05) is 11.6 Å². The number of hydrogen-bond donors (Lipinski definition) is 0. The predicted molar refractivity (Wildman–Crippen MR) is 72.9 cm³/mol. The van der Waals surface area contributed by atoms with Crippen LogP contribution < -0.4 is 4.90 Å². The van der Waals surface area contributed by atoms with Gasteiger partial charge in [0.05, 0.1) is 11.4 Å². The number of aryl methyl sites for hydroxylation is 1. The fourth-order valence-electron chi connectivity index (χ4n) is 2.47. The molecule has 2 rings (SSSR count). The molecule has 17 heavy (non-hydrogen) atoms. The molecule has 0 spiro atoms. The second kappa shape index (κ2) is 5.23. The maximum absolute atomic E-state index is 5.89. The molecule has 1 fully saturated rings. The Kier molecular flexibility index (Phi) is 3.89. The maximum atomic E-state index is 5.89. The molecule has 0 saturated carbocycles. The van der Waals surface area contributed by atoms with Crippen molar-refractivity contribution in [1.29, 1.82) is 0 Å². The molecule has 3 nitrogen and oxygen atoms in total. The minimum Gasteiger partial charge on any atom is -0.370 e. The summed E-state index contributed by atoms with van der Waals surface area (Å²) in [5.74, 6) is 0. The molecule has 0 N–H and O–H groups in total. The second-order valence-electron chi connectivity index (χ2n) is 4.88. The van der Waals surface area contributed by atoms with Gasteiger partial charge in [-0.05, 0) is 52.0 Å². The molecule has 0 atom stereocenters. The van der Waals surface area contributed by atoms with Crippen molar-refractivity contribution in [2.45, 2.75) is 25.8 Å².